The van der Waals surface area contributed by atoms with E-state index in [9.17, 15) is 4.79 Å². The normalized spacial score (nSPS) is 18.9. The Hall–Kier alpha value is -1.88. The fourth-order valence-corrected chi connectivity index (χ4v) is 4.97. The van der Waals surface area contributed by atoms with E-state index in [1.807, 2.05) is 18.2 Å². The number of rotatable bonds is 5. The molecule has 1 aromatic carbocycles. The number of nitrogens with zero attached hydrogens (tertiary/aromatic N) is 3. The molecule has 0 bridgehead atoms. The Morgan fingerprint density at radius 1 is 1.11 bits per heavy atom. The fraction of sp³-hybridized carbons (Fsp3) is 0.591. The average Bonchev–Trinajstić information content (AvgIpc) is 2.94. The van der Waals surface area contributed by atoms with Gasteiger partial charge in [0.25, 0.3) is 0 Å². The van der Waals surface area contributed by atoms with Gasteiger partial charge in [-0.2, -0.15) is 0 Å². The van der Waals surface area contributed by atoms with Gasteiger partial charge in [0.05, 0.1) is 5.41 Å². The van der Waals surface area contributed by atoms with Gasteiger partial charge in [0.2, 0.25) is 5.91 Å². The van der Waals surface area contributed by atoms with Gasteiger partial charge in [0.1, 0.15) is 11.6 Å². The first kappa shape index (κ1) is 19.4. The number of halogens is 1. The fourth-order valence-electron chi connectivity index (χ4n) is 4.78. The van der Waals surface area contributed by atoms with E-state index < -0.39 is 5.41 Å². The topological polar surface area (TPSA) is 59.8 Å². The molecule has 0 radical (unpaired) electrons. The maximum absolute atomic E-state index is 13.3. The molecule has 2 aromatic rings. The lowest BCUT2D eigenvalue weighted by molar-refractivity contribution is -0.128. The zero-order chi connectivity index (χ0) is 19.4. The molecule has 0 spiro atoms. The molecular weight excluding hydrogens is 372 g/mol. The van der Waals surface area contributed by atoms with Crippen molar-refractivity contribution in [2.24, 2.45) is 0 Å². The minimum atomic E-state index is -0.453. The Balaban J connectivity index is 1.45. The smallest absolute Gasteiger partial charge is 0.230 e. The Bertz CT molecular complexity index is 826. The Morgan fingerprint density at radius 3 is 2.75 bits per heavy atom. The Kier molecular flexibility index (Phi) is 6.00. The van der Waals surface area contributed by atoms with Crippen LogP contribution in [0.15, 0.2) is 24.3 Å². The van der Waals surface area contributed by atoms with Crippen molar-refractivity contribution in [2.75, 3.05) is 6.54 Å². The highest BCUT2D eigenvalue weighted by molar-refractivity contribution is 6.30. The van der Waals surface area contributed by atoms with E-state index in [-0.39, 0.29) is 5.91 Å². The minimum absolute atomic E-state index is 0.130. The molecule has 1 N–H and O–H groups in total. The van der Waals surface area contributed by atoms with Gasteiger partial charge >= 0.3 is 0 Å². The highest BCUT2D eigenvalue weighted by Crippen LogP contribution is 2.40. The van der Waals surface area contributed by atoms with Crippen LogP contribution in [0.1, 0.15) is 68.6 Å². The first-order chi connectivity index (χ1) is 13.7. The standard InChI is InChI=1S/C22H29ClN4O/c23-18-9-7-8-17(16-18)22(12-4-2-5-13-22)21(28)24-14-11-20-26-25-19-10-3-1-6-15-27(19)20/h7-9,16H,1-6,10-15H2,(H,24,28). The van der Waals surface area contributed by atoms with Crippen LogP contribution in [-0.2, 0) is 29.6 Å². The highest BCUT2D eigenvalue weighted by Gasteiger charge is 2.41. The van der Waals surface area contributed by atoms with Crippen LogP contribution < -0.4 is 5.32 Å². The molecule has 5 nitrogen and oxygen atoms in total. The lowest BCUT2D eigenvalue weighted by atomic mass is 9.68. The van der Waals surface area contributed by atoms with Crippen LogP contribution in [0.3, 0.4) is 0 Å². The third-order valence-electron chi connectivity index (χ3n) is 6.34. The molecule has 2 heterocycles. The van der Waals surface area contributed by atoms with Gasteiger partial charge in [-0.15, -0.1) is 10.2 Å². The first-order valence-electron chi connectivity index (χ1n) is 10.6. The van der Waals surface area contributed by atoms with E-state index in [1.54, 1.807) is 0 Å². The van der Waals surface area contributed by atoms with Crippen LogP contribution in [0.4, 0.5) is 0 Å². The van der Waals surface area contributed by atoms with Crippen molar-refractivity contribution in [3.8, 4) is 0 Å². The predicted octanol–water partition coefficient (Wildman–Crippen LogP) is 4.22. The summed E-state index contributed by atoms with van der Waals surface area (Å²) in [6.45, 7) is 1.59. The summed E-state index contributed by atoms with van der Waals surface area (Å²) in [6, 6.07) is 7.84. The lowest BCUT2D eigenvalue weighted by Crippen LogP contribution is -2.46. The van der Waals surface area contributed by atoms with Gasteiger partial charge in [0.15, 0.2) is 0 Å². The molecule has 4 rings (SSSR count). The molecule has 1 aliphatic carbocycles. The van der Waals surface area contributed by atoms with Crippen LogP contribution in [0.25, 0.3) is 0 Å². The van der Waals surface area contributed by atoms with Gasteiger partial charge in [-0.25, -0.2) is 0 Å². The van der Waals surface area contributed by atoms with Gasteiger partial charge < -0.3 is 9.88 Å². The van der Waals surface area contributed by atoms with Gasteiger partial charge in [-0.3, -0.25) is 4.79 Å². The summed E-state index contributed by atoms with van der Waals surface area (Å²) in [4.78, 5) is 13.3. The van der Waals surface area contributed by atoms with E-state index in [4.69, 9.17) is 11.6 Å². The number of amides is 1. The molecule has 2 aliphatic rings. The number of carbonyl (C=O) groups is 1. The van der Waals surface area contributed by atoms with Crippen molar-refractivity contribution in [3.63, 3.8) is 0 Å². The molecule has 1 aliphatic heterocycles. The molecular formula is C22H29ClN4O. The third kappa shape index (κ3) is 3.95. The minimum Gasteiger partial charge on any atom is -0.355 e. The highest BCUT2D eigenvalue weighted by atomic mass is 35.5. The van der Waals surface area contributed by atoms with Crippen LogP contribution >= 0.6 is 11.6 Å². The van der Waals surface area contributed by atoms with Gasteiger partial charge in [-0.1, -0.05) is 49.4 Å². The van der Waals surface area contributed by atoms with Gasteiger partial charge in [-0.05, 0) is 43.4 Å². The largest absolute Gasteiger partial charge is 0.355 e. The lowest BCUT2D eigenvalue weighted by Gasteiger charge is -2.36. The summed E-state index contributed by atoms with van der Waals surface area (Å²) in [5, 5.41) is 12.6. The van der Waals surface area contributed by atoms with Crippen molar-refractivity contribution in [1.82, 2.24) is 20.1 Å². The molecule has 1 amide bonds. The van der Waals surface area contributed by atoms with E-state index >= 15 is 0 Å². The summed E-state index contributed by atoms with van der Waals surface area (Å²) >= 11 is 6.23. The molecule has 0 unspecified atom stereocenters. The summed E-state index contributed by atoms with van der Waals surface area (Å²) in [7, 11) is 0. The third-order valence-corrected chi connectivity index (χ3v) is 6.57. The monoisotopic (exact) mass is 400 g/mol. The van der Waals surface area contributed by atoms with Crippen LogP contribution in [0, 0.1) is 0 Å². The predicted molar refractivity (Wildman–Crippen MR) is 111 cm³/mol. The number of hydrogen-bond acceptors (Lipinski definition) is 3. The molecule has 150 valence electrons. The average molecular weight is 401 g/mol. The second kappa shape index (κ2) is 8.64. The zero-order valence-electron chi connectivity index (χ0n) is 16.4. The van der Waals surface area contributed by atoms with E-state index in [0.29, 0.717) is 11.6 Å². The summed E-state index contributed by atoms with van der Waals surface area (Å²) in [6.07, 6.45) is 10.5. The maximum atomic E-state index is 13.3. The number of aryl methyl sites for hydroxylation is 1. The number of nitrogens with one attached hydrogen (secondary N) is 1. The second-order valence-corrected chi connectivity index (χ2v) is 8.59. The number of aromatic nitrogens is 3. The number of hydrogen-bond donors (Lipinski definition) is 1. The first-order valence-corrected chi connectivity index (χ1v) is 11.0. The zero-order valence-corrected chi connectivity index (χ0v) is 17.2. The molecule has 28 heavy (non-hydrogen) atoms. The molecule has 1 aromatic heterocycles. The number of carbonyl (C=O) groups excluding carboxylic acids is 1. The van der Waals surface area contributed by atoms with Crippen molar-refractivity contribution >= 4 is 17.5 Å². The van der Waals surface area contributed by atoms with E-state index in [2.05, 4.69) is 26.1 Å². The molecule has 0 atom stereocenters. The number of fused-ring (bicyclic) bond motifs is 1. The summed E-state index contributed by atoms with van der Waals surface area (Å²) in [5.41, 5.74) is 0.596. The Labute approximate surface area is 171 Å². The van der Waals surface area contributed by atoms with E-state index in [0.717, 1.165) is 62.3 Å². The van der Waals surface area contributed by atoms with Crippen LogP contribution in [-0.4, -0.2) is 27.2 Å². The van der Waals surface area contributed by atoms with E-state index in [1.165, 1.54) is 25.7 Å². The maximum Gasteiger partial charge on any atom is 0.230 e. The number of benzene rings is 1. The summed E-state index contributed by atoms with van der Waals surface area (Å²) < 4.78 is 2.26. The summed E-state index contributed by atoms with van der Waals surface area (Å²) in [5.74, 6) is 2.23. The molecule has 1 fully saturated rings. The Morgan fingerprint density at radius 2 is 1.93 bits per heavy atom. The quantitative estimate of drug-likeness (QED) is 0.817. The SMILES string of the molecule is O=C(NCCc1nnc2n1CCCCC2)C1(c2cccc(Cl)c2)CCCCC1. The molecule has 0 saturated heterocycles. The second-order valence-electron chi connectivity index (χ2n) is 8.15. The van der Waals surface area contributed by atoms with Crippen LogP contribution in [0.2, 0.25) is 5.02 Å². The van der Waals surface area contributed by atoms with Crippen molar-refractivity contribution in [2.45, 2.75) is 76.2 Å². The van der Waals surface area contributed by atoms with Crippen molar-refractivity contribution in [3.05, 3.63) is 46.5 Å². The molecule has 1 saturated carbocycles. The van der Waals surface area contributed by atoms with Crippen molar-refractivity contribution < 1.29 is 4.79 Å². The van der Waals surface area contributed by atoms with Gasteiger partial charge in [0, 0.05) is 31.0 Å². The molecule has 6 heteroatoms. The van der Waals surface area contributed by atoms with Crippen LogP contribution in [0.5, 0.6) is 0 Å². The van der Waals surface area contributed by atoms with Crippen molar-refractivity contribution in [1.29, 1.82) is 0 Å².